The fourth-order valence-electron chi connectivity index (χ4n) is 1.30. The van der Waals surface area contributed by atoms with E-state index in [1.54, 1.807) is 6.21 Å². The van der Waals surface area contributed by atoms with Gasteiger partial charge >= 0.3 is 0 Å². The van der Waals surface area contributed by atoms with Crippen molar-refractivity contribution < 1.29 is 0 Å². The van der Waals surface area contributed by atoms with Gasteiger partial charge in [-0.2, -0.15) is 10.2 Å². The second kappa shape index (κ2) is 5.83. The molecule has 0 amide bonds. The normalized spacial score (nSPS) is 19.7. The summed E-state index contributed by atoms with van der Waals surface area (Å²) in [5.74, 6) is 1.40. The quantitative estimate of drug-likeness (QED) is 0.352. The second-order valence-electron chi connectivity index (χ2n) is 3.55. The Labute approximate surface area is 99.4 Å². The third-order valence-corrected chi connectivity index (χ3v) is 2.11. The zero-order valence-electron chi connectivity index (χ0n) is 9.69. The molecule has 2 aliphatic rings. The molecule has 0 aliphatic carbocycles. The van der Waals surface area contributed by atoms with E-state index in [2.05, 4.69) is 41.7 Å². The van der Waals surface area contributed by atoms with Gasteiger partial charge in [0.15, 0.2) is 0 Å². The SMILES string of the molecule is CC(/C=N\NC1=NCCN1)=N\NC1=NCCN1. The van der Waals surface area contributed by atoms with Gasteiger partial charge < -0.3 is 10.6 Å². The molecule has 0 aromatic heterocycles. The van der Waals surface area contributed by atoms with Crippen LogP contribution in [0.5, 0.6) is 0 Å². The summed E-state index contributed by atoms with van der Waals surface area (Å²) in [6.45, 7) is 5.14. The lowest BCUT2D eigenvalue weighted by molar-refractivity contribution is 0.915. The maximum atomic E-state index is 4.15. The van der Waals surface area contributed by atoms with E-state index >= 15 is 0 Å². The van der Waals surface area contributed by atoms with Crippen LogP contribution in [0.2, 0.25) is 0 Å². The lowest BCUT2D eigenvalue weighted by atomic mass is 10.5. The van der Waals surface area contributed by atoms with Gasteiger partial charge in [0.25, 0.3) is 0 Å². The zero-order chi connectivity index (χ0) is 11.9. The summed E-state index contributed by atoms with van der Waals surface area (Å²) in [5, 5.41) is 14.2. The average Bonchev–Trinajstić information content (AvgIpc) is 2.99. The van der Waals surface area contributed by atoms with Crippen LogP contribution < -0.4 is 21.5 Å². The summed E-state index contributed by atoms with van der Waals surface area (Å²) < 4.78 is 0. The van der Waals surface area contributed by atoms with Gasteiger partial charge in [-0.3, -0.25) is 0 Å². The molecule has 0 atom stereocenters. The minimum absolute atomic E-state index is 0.698. The van der Waals surface area contributed by atoms with Crippen LogP contribution in [0.15, 0.2) is 20.2 Å². The Morgan fingerprint density at radius 1 is 1.18 bits per heavy atom. The van der Waals surface area contributed by atoms with E-state index < -0.39 is 0 Å². The van der Waals surface area contributed by atoms with Crippen LogP contribution in [0.4, 0.5) is 0 Å². The molecule has 0 saturated carbocycles. The van der Waals surface area contributed by atoms with E-state index in [4.69, 9.17) is 0 Å². The molecule has 0 fully saturated rings. The molecular formula is C9H16N8. The first-order chi connectivity index (χ1) is 8.34. The Morgan fingerprint density at radius 3 is 2.41 bits per heavy atom. The highest BCUT2D eigenvalue weighted by molar-refractivity contribution is 6.29. The van der Waals surface area contributed by atoms with Crippen LogP contribution in [-0.2, 0) is 0 Å². The molecule has 0 aromatic rings. The Balaban J connectivity index is 1.73. The van der Waals surface area contributed by atoms with E-state index in [9.17, 15) is 0 Å². The molecule has 0 aromatic carbocycles. The number of rotatable bonds is 3. The molecule has 2 rings (SSSR count). The summed E-state index contributed by atoms with van der Waals surface area (Å²) in [7, 11) is 0. The summed E-state index contributed by atoms with van der Waals surface area (Å²) >= 11 is 0. The third-order valence-electron chi connectivity index (χ3n) is 2.11. The van der Waals surface area contributed by atoms with E-state index in [0.717, 1.165) is 31.9 Å². The number of aliphatic imine (C=N–C) groups is 2. The molecule has 17 heavy (non-hydrogen) atoms. The van der Waals surface area contributed by atoms with Crippen molar-refractivity contribution >= 4 is 23.8 Å². The topological polar surface area (TPSA) is 97.6 Å². The Kier molecular flexibility index (Phi) is 3.90. The molecule has 4 N–H and O–H groups in total. The van der Waals surface area contributed by atoms with E-state index in [1.165, 1.54) is 0 Å². The number of hydrogen-bond acceptors (Lipinski definition) is 8. The van der Waals surface area contributed by atoms with Crippen LogP contribution in [0.3, 0.4) is 0 Å². The Hall–Kier alpha value is -2.12. The van der Waals surface area contributed by atoms with Crippen molar-refractivity contribution in [2.75, 3.05) is 26.2 Å². The van der Waals surface area contributed by atoms with Crippen molar-refractivity contribution in [3.63, 3.8) is 0 Å². The lowest BCUT2D eigenvalue weighted by Gasteiger charge is -2.01. The summed E-state index contributed by atoms with van der Waals surface area (Å²) in [6, 6.07) is 0. The minimum Gasteiger partial charge on any atom is -0.353 e. The smallest absolute Gasteiger partial charge is 0.212 e. The fourth-order valence-corrected chi connectivity index (χ4v) is 1.30. The van der Waals surface area contributed by atoms with Crippen molar-refractivity contribution in [3.8, 4) is 0 Å². The monoisotopic (exact) mass is 236 g/mol. The summed E-state index contributed by atoms with van der Waals surface area (Å²) in [6.07, 6.45) is 1.62. The predicted molar refractivity (Wildman–Crippen MR) is 68.5 cm³/mol. The highest BCUT2D eigenvalue weighted by Gasteiger charge is 2.02. The maximum Gasteiger partial charge on any atom is 0.212 e. The van der Waals surface area contributed by atoms with Crippen LogP contribution in [0.25, 0.3) is 0 Å². The first kappa shape index (κ1) is 11.4. The van der Waals surface area contributed by atoms with Crippen molar-refractivity contribution in [2.24, 2.45) is 20.2 Å². The van der Waals surface area contributed by atoms with Crippen LogP contribution >= 0.6 is 0 Å². The van der Waals surface area contributed by atoms with Gasteiger partial charge in [0, 0.05) is 13.1 Å². The van der Waals surface area contributed by atoms with Crippen molar-refractivity contribution in [2.45, 2.75) is 6.92 Å². The van der Waals surface area contributed by atoms with Gasteiger partial charge in [0.2, 0.25) is 11.9 Å². The molecule has 0 spiro atoms. The standard InChI is InChI=1S/C9H16N8/c1-7(15-17-9-12-4-5-13-9)6-14-16-8-10-2-3-11-8/h6H,2-5H2,1H3,(H2,10,11,16)(H2,12,13,17)/b14-6-,15-7+. The summed E-state index contributed by atoms with van der Waals surface area (Å²) in [5.41, 5.74) is 6.36. The molecule has 2 heterocycles. The van der Waals surface area contributed by atoms with Gasteiger partial charge in [0.1, 0.15) is 0 Å². The lowest BCUT2D eigenvalue weighted by Crippen LogP contribution is -2.31. The average molecular weight is 236 g/mol. The van der Waals surface area contributed by atoms with Crippen LogP contribution in [0, 0.1) is 0 Å². The highest BCUT2D eigenvalue weighted by Crippen LogP contribution is 1.82. The zero-order valence-corrected chi connectivity index (χ0v) is 9.69. The molecule has 2 aliphatic heterocycles. The van der Waals surface area contributed by atoms with Crippen molar-refractivity contribution in [3.05, 3.63) is 0 Å². The summed E-state index contributed by atoms with van der Waals surface area (Å²) in [4.78, 5) is 8.29. The Bertz CT molecular complexity index is 380. The number of nitrogens with zero attached hydrogens (tertiary/aromatic N) is 4. The van der Waals surface area contributed by atoms with E-state index in [-0.39, 0.29) is 0 Å². The fraction of sp³-hybridized carbons (Fsp3) is 0.556. The second-order valence-corrected chi connectivity index (χ2v) is 3.55. The van der Waals surface area contributed by atoms with Crippen LogP contribution in [-0.4, -0.2) is 50.0 Å². The van der Waals surface area contributed by atoms with Crippen LogP contribution in [0.1, 0.15) is 6.92 Å². The number of hydrazone groups is 2. The maximum absolute atomic E-state index is 4.15. The number of nitrogens with one attached hydrogen (secondary N) is 4. The Morgan fingerprint density at radius 2 is 1.82 bits per heavy atom. The van der Waals surface area contributed by atoms with Gasteiger partial charge in [0.05, 0.1) is 25.0 Å². The molecule has 92 valence electrons. The van der Waals surface area contributed by atoms with Crippen molar-refractivity contribution in [1.82, 2.24) is 21.5 Å². The minimum atomic E-state index is 0.698. The van der Waals surface area contributed by atoms with E-state index in [0.29, 0.717) is 11.9 Å². The highest BCUT2D eigenvalue weighted by atomic mass is 15.4. The van der Waals surface area contributed by atoms with E-state index in [1.807, 2.05) is 6.92 Å². The predicted octanol–water partition coefficient (Wildman–Crippen LogP) is -1.55. The largest absolute Gasteiger partial charge is 0.353 e. The van der Waals surface area contributed by atoms with Gasteiger partial charge in [-0.15, -0.1) is 0 Å². The molecule has 0 saturated heterocycles. The van der Waals surface area contributed by atoms with Gasteiger partial charge in [-0.1, -0.05) is 0 Å². The molecule has 0 radical (unpaired) electrons. The number of guanidine groups is 2. The third kappa shape index (κ3) is 3.74. The van der Waals surface area contributed by atoms with Gasteiger partial charge in [-0.05, 0) is 6.92 Å². The molecule has 8 nitrogen and oxygen atoms in total. The number of hydrogen-bond donors (Lipinski definition) is 4. The molecule has 0 unspecified atom stereocenters. The molecule has 0 bridgehead atoms. The molecular weight excluding hydrogens is 220 g/mol. The molecule has 8 heteroatoms. The van der Waals surface area contributed by atoms with Crippen molar-refractivity contribution in [1.29, 1.82) is 0 Å². The first-order valence-corrected chi connectivity index (χ1v) is 5.50. The van der Waals surface area contributed by atoms with Gasteiger partial charge in [-0.25, -0.2) is 20.8 Å². The first-order valence-electron chi connectivity index (χ1n) is 5.50.